The molecule has 1 rings (SSSR count). The number of rotatable bonds is 8. The van der Waals surface area contributed by atoms with E-state index in [2.05, 4.69) is 17.2 Å². The Kier molecular flexibility index (Phi) is 5.60. The van der Waals surface area contributed by atoms with E-state index in [-0.39, 0.29) is 0 Å². The molecule has 16 heavy (non-hydrogen) atoms. The topological polar surface area (TPSA) is 59.6 Å². The summed E-state index contributed by atoms with van der Waals surface area (Å²) in [5.74, 6) is 0.588. The van der Waals surface area contributed by atoms with Crippen LogP contribution in [0.1, 0.15) is 39.5 Å². The number of aliphatic imine (C=N–C) groups is 1. The highest BCUT2D eigenvalue weighted by molar-refractivity contribution is 5.77. The second-order valence-corrected chi connectivity index (χ2v) is 4.58. The van der Waals surface area contributed by atoms with Gasteiger partial charge in [0.1, 0.15) is 0 Å². The van der Waals surface area contributed by atoms with E-state index in [9.17, 15) is 0 Å². The predicted molar refractivity (Wildman–Crippen MR) is 67.6 cm³/mol. The second kappa shape index (κ2) is 6.74. The second-order valence-electron chi connectivity index (χ2n) is 4.58. The van der Waals surface area contributed by atoms with Crippen LogP contribution < -0.4 is 11.1 Å². The molecule has 4 heteroatoms. The first-order chi connectivity index (χ1) is 7.72. The lowest BCUT2D eigenvalue weighted by atomic mass is 10.0. The normalized spacial score (nSPS) is 18.5. The Morgan fingerprint density at radius 3 is 2.75 bits per heavy atom. The van der Waals surface area contributed by atoms with Crippen molar-refractivity contribution in [3.63, 3.8) is 0 Å². The standard InChI is InChI=1S/C12H25N3O/c1-3-8-14-11(13)15-10-12(5-6-12)7-9-16-4-2/h3-10H2,1-2H3,(H3,13,14,15). The van der Waals surface area contributed by atoms with Crippen LogP contribution in [0.2, 0.25) is 0 Å². The van der Waals surface area contributed by atoms with Crippen LogP contribution >= 0.6 is 0 Å². The number of hydrogen-bond donors (Lipinski definition) is 2. The number of nitrogens with zero attached hydrogens (tertiary/aromatic N) is 1. The quantitative estimate of drug-likeness (QED) is 0.375. The molecular formula is C12H25N3O. The third-order valence-corrected chi connectivity index (χ3v) is 3.08. The third kappa shape index (κ3) is 4.84. The Balaban J connectivity index is 2.19. The molecule has 4 nitrogen and oxygen atoms in total. The van der Waals surface area contributed by atoms with Crippen molar-refractivity contribution >= 4 is 5.96 Å². The Hall–Kier alpha value is -0.770. The molecule has 0 spiro atoms. The molecule has 1 aliphatic rings. The number of ether oxygens (including phenoxy) is 1. The minimum absolute atomic E-state index is 0.397. The van der Waals surface area contributed by atoms with Crippen LogP contribution in [0.5, 0.6) is 0 Å². The molecule has 3 N–H and O–H groups in total. The van der Waals surface area contributed by atoms with Gasteiger partial charge in [0.2, 0.25) is 0 Å². The summed E-state index contributed by atoms with van der Waals surface area (Å²) in [5, 5.41) is 3.10. The molecule has 94 valence electrons. The van der Waals surface area contributed by atoms with Crippen molar-refractivity contribution in [1.29, 1.82) is 0 Å². The van der Waals surface area contributed by atoms with Gasteiger partial charge in [0.15, 0.2) is 5.96 Å². The van der Waals surface area contributed by atoms with E-state index in [0.717, 1.165) is 39.1 Å². The largest absolute Gasteiger partial charge is 0.382 e. The van der Waals surface area contributed by atoms with Crippen molar-refractivity contribution in [2.24, 2.45) is 16.1 Å². The predicted octanol–water partition coefficient (Wildman–Crippen LogP) is 1.51. The highest BCUT2D eigenvalue weighted by Crippen LogP contribution is 2.48. The summed E-state index contributed by atoms with van der Waals surface area (Å²) in [6.45, 7) is 7.56. The van der Waals surface area contributed by atoms with Gasteiger partial charge in [-0.15, -0.1) is 0 Å². The molecule has 0 aliphatic heterocycles. The Bertz CT molecular complexity index is 224. The van der Waals surface area contributed by atoms with Crippen LogP contribution in [0.3, 0.4) is 0 Å². The highest BCUT2D eigenvalue weighted by Gasteiger charge is 2.41. The summed E-state index contributed by atoms with van der Waals surface area (Å²) in [7, 11) is 0. The molecule has 1 aliphatic carbocycles. The van der Waals surface area contributed by atoms with Crippen LogP contribution in [0.4, 0.5) is 0 Å². The zero-order chi connectivity index (χ0) is 11.9. The maximum atomic E-state index is 5.76. The van der Waals surface area contributed by atoms with Crippen molar-refractivity contribution in [2.45, 2.75) is 39.5 Å². The summed E-state index contributed by atoms with van der Waals surface area (Å²) in [6, 6.07) is 0. The van der Waals surface area contributed by atoms with E-state index in [4.69, 9.17) is 10.5 Å². The molecule has 0 bridgehead atoms. The number of hydrogen-bond acceptors (Lipinski definition) is 2. The van der Waals surface area contributed by atoms with E-state index in [0.29, 0.717) is 11.4 Å². The van der Waals surface area contributed by atoms with Crippen LogP contribution in [-0.2, 0) is 4.74 Å². The van der Waals surface area contributed by atoms with Crippen molar-refractivity contribution in [3.8, 4) is 0 Å². The fraction of sp³-hybridized carbons (Fsp3) is 0.917. The molecule has 1 fully saturated rings. The van der Waals surface area contributed by atoms with Gasteiger partial charge < -0.3 is 15.8 Å². The summed E-state index contributed by atoms with van der Waals surface area (Å²) in [6.07, 6.45) is 4.73. The lowest BCUT2D eigenvalue weighted by Gasteiger charge is -2.12. The Morgan fingerprint density at radius 2 is 2.19 bits per heavy atom. The van der Waals surface area contributed by atoms with Crippen LogP contribution in [0, 0.1) is 5.41 Å². The zero-order valence-corrected chi connectivity index (χ0v) is 10.6. The lowest BCUT2D eigenvalue weighted by molar-refractivity contribution is 0.129. The summed E-state index contributed by atoms with van der Waals surface area (Å²) < 4.78 is 5.39. The Labute approximate surface area is 98.6 Å². The van der Waals surface area contributed by atoms with Gasteiger partial charge in [0.25, 0.3) is 0 Å². The van der Waals surface area contributed by atoms with Crippen molar-refractivity contribution in [2.75, 3.05) is 26.3 Å². The summed E-state index contributed by atoms with van der Waals surface area (Å²) >= 11 is 0. The minimum Gasteiger partial charge on any atom is -0.382 e. The molecule has 0 radical (unpaired) electrons. The van der Waals surface area contributed by atoms with E-state index in [1.165, 1.54) is 12.8 Å². The molecule has 0 aromatic rings. The number of guanidine groups is 1. The fourth-order valence-corrected chi connectivity index (χ4v) is 1.66. The number of nitrogens with two attached hydrogens (primary N) is 1. The van der Waals surface area contributed by atoms with Crippen molar-refractivity contribution < 1.29 is 4.74 Å². The van der Waals surface area contributed by atoms with Crippen LogP contribution in [0.25, 0.3) is 0 Å². The average molecular weight is 227 g/mol. The molecule has 1 saturated carbocycles. The summed E-state index contributed by atoms with van der Waals surface area (Å²) in [4.78, 5) is 4.40. The smallest absolute Gasteiger partial charge is 0.188 e. The van der Waals surface area contributed by atoms with Gasteiger partial charge in [-0.05, 0) is 38.0 Å². The van der Waals surface area contributed by atoms with Crippen LogP contribution in [-0.4, -0.2) is 32.3 Å². The first-order valence-corrected chi connectivity index (χ1v) is 6.34. The van der Waals surface area contributed by atoms with Gasteiger partial charge in [-0.2, -0.15) is 0 Å². The van der Waals surface area contributed by atoms with Crippen LogP contribution in [0.15, 0.2) is 4.99 Å². The van der Waals surface area contributed by atoms with E-state index in [1.54, 1.807) is 0 Å². The molecule has 0 heterocycles. The first-order valence-electron chi connectivity index (χ1n) is 6.34. The van der Waals surface area contributed by atoms with Gasteiger partial charge in [-0.3, -0.25) is 4.99 Å². The maximum Gasteiger partial charge on any atom is 0.188 e. The van der Waals surface area contributed by atoms with E-state index in [1.807, 2.05) is 6.92 Å². The average Bonchev–Trinajstić information content (AvgIpc) is 3.05. The van der Waals surface area contributed by atoms with Crippen molar-refractivity contribution in [1.82, 2.24) is 5.32 Å². The molecule has 0 unspecified atom stereocenters. The van der Waals surface area contributed by atoms with Gasteiger partial charge >= 0.3 is 0 Å². The number of nitrogens with one attached hydrogen (secondary N) is 1. The molecule has 0 aromatic heterocycles. The fourth-order valence-electron chi connectivity index (χ4n) is 1.66. The lowest BCUT2D eigenvalue weighted by Crippen LogP contribution is -2.32. The van der Waals surface area contributed by atoms with Gasteiger partial charge in [0, 0.05) is 26.3 Å². The molecule has 0 saturated heterocycles. The van der Waals surface area contributed by atoms with Gasteiger partial charge in [-0.1, -0.05) is 6.92 Å². The molecule has 0 atom stereocenters. The first kappa shape index (κ1) is 13.3. The SMILES string of the molecule is CCCNC(N)=NCC1(CCOCC)CC1. The van der Waals surface area contributed by atoms with Crippen molar-refractivity contribution in [3.05, 3.63) is 0 Å². The molecule has 0 aromatic carbocycles. The van der Waals surface area contributed by atoms with Gasteiger partial charge in [0.05, 0.1) is 0 Å². The highest BCUT2D eigenvalue weighted by atomic mass is 16.5. The minimum atomic E-state index is 0.397. The maximum absolute atomic E-state index is 5.76. The monoisotopic (exact) mass is 227 g/mol. The zero-order valence-electron chi connectivity index (χ0n) is 10.6. The summed E-state index contributed by atoms with van der Waals surface area (Å²) in [5.41, 5.74) is 6.15. The van der Waals surface area contributed by atoms with Gasteiger partial charge in [-0.25, -0.2) is 0 Å². The van der Waals surface area contributed by atoms with E-state index >= 15 is 0 Å². The van der Waals surface area contributed by atoms with E-state index < -0.39 is 0 Å². The third-order valence-electron chi connectivity index (χ3n) is 3.08. The molecular weight excluding hydrogens is 202 g/mol. The Morgan fingerprint density at radius 1 is 1.44 bits per heavy atom. The molecule has 0 amide bonds.